The number of unbranched alkanes of at least 4 members (excludes halogenated alkanes) is 2. The van der Waals surface area contributed by atoms with Crippen LogP contribution in [0.1, 0.15) is 136 Å². The highest BCUT2D eigenvalue weighted by Crippen LogP contribution is 2.44. The number of hydrogen-bond donors (Lipinski definition) is 0. The molecule has 0 amide bonds. The smallest absolute Gasteiger partial charge is 0.0520 e. The van der Waals surface area contributed by atoms with Crippen molar-refractivity contribution in [1.29, 1.82) is 0 Å². The second kappa shape index (κ2) is 18.5. The number of nitrogens with zero attached hydrogens (tertiary/aromatic N) is 2. The van der Waals surface area contributed by atoms with Gasteiger partial charge in [-0.1, -0.05) is 122 Å². The van der Waals surface area contributed by atoms with Crippen LogP contribution in [0, 0.1) is 41.5 Å². The summed E-state index contributed by atoms with van der Waals surface area (Å²) in [5.41, 5.74) is 23.3. The third-order valence-corrected chi connectivity index (χ3v) is 12.2. The Hall–Kier alpha value is -5.08. The Morgan fingerprint density at radius 3 is 1.12 bits per heavy atom. The zero-order chi connectivity index (χ0) is 42.6. The van der Waals surface area contributed by atoms with E-state index in [1.807, 2.05) is 0 Å². The van der Waals surface area contributed by atoms with Crippen LogP contribution in [-0.2, 0) is 18.3 Å². The molecule has 308 valence electrons. The Morgan fingerprint density at radius 2 is 0.797 bits per heavy atom. The van der Waals surface area contributed by atoms with Gasteiger partial charge in [0.1, 0.15) is 0 Å². The van der Waals surface area contributed by atoms with Gasteiger partial charge in [-0.15, -0.1) is 0 Å². The maximum atomic E-state index is 2.48. The number of rotatable bonds is 14. The number of benzene rings is 6. The molecular formula is C57H70N2. The SMILES string of the molecule is CCCCc1cc(C)c(N(c2ccc(C(C)C)cc2)c2ccc(-c3ccc(N(c4ccc(C(C)(C)C)cc4)c4c(C)cc(CCCC)cc4C)cc3C)c(C)c2)c(C)c1. The molecule has 2 nitrogen and oxygen atoms in total. The first-order chi connectivity index (χ1) is 28.1. The van der Waals surface area contributed by atoms with Crippen molar-refractivity contribution in [2.75, 3.05) is 9.80 Å². The molecule has 59 heavy (non-hydrogen) atoms. The normalized spacial score (nSPS) is 11.7. The molecule has 0 aliphatic carbocycles. The first kappa shape index (κ1) is 43.5. The third kappa shape index (κ3) is 9.70. The lowest BCUT2D eigenvalue weighted by molar-refractivity contribution is 0.590. The maximum absolute atomic E-state index is 2.48. The molecule has 0 saturated heterocycles. The first-order valence-corrected chi connectivity index (χ1v) is 22.3. The van der Waals surface area contributed by atoms with Crippen LogP contribution in [0.15, 0.2) is 109 Å². The Morgan fingerprint density at radius 1 is 0.441 bits per heavy atom. The second-order valence-electron chi connectivity index (χ2n) is 18.6. The zero-order valence-electron chi connectivity index (χ0n) is 38.6. The molecule has 0 bridgehead atoms. The molecule has 0 fully saturated rings. The van der Waals surface area contributed by atoms with Crippen molar-refractivity contribution in [3.8, 4) is 11.1 Å². The van der Waals surface area contributed by atoms with Gasteiger partial charge in [-0.25, -0.2) is 0 Å². The van der Waals surface area contributed by atoms with E-state index in [0.717, 1.165) is 12.8 Å². The van der Waals surface area contributed by atoms with Gasteiger partial charge in [0.05, 0.1) is 11.4 Å². The summed E-state index contributed by atoms with van der Waals surface area (Å²) >= 11 is 0. The first-order valence-electron chi connectivity index (χ1n) is 22.3. The molecule has 2 heteroatoms. The van der Waals surface area contributed by atoms with Gasteiger partial charge in [0.2, 0.25) is 0 Å². The van der Waals surface area contributed by atoms with E-state index in [1.54, 1.807) is 0 Å². The van der Waals surface area contributed by atoms with E-state index < -0.39 is 0 Å². The van der Waals surface area contributed by atoms with Gasteiger partial charge in [0, 0.05) is 22.7 Å². The predicted octanol–water partition coefficient (Wildman–Crippen LogP) is 17.2. The molecule has 0 atom stereocenters. The van der Waals surface area contributed by atoms with Crippen molar-refractivity contribution < 1.29 is 0 Å². The third-order valence-electron chi connectivity index (χ3n) is 12.2. The Kier molecular flexibility index (Phi) is 13.6. The standard InChI is InChI=1S/C57H70N2/c1-14-16-18-45-32-41(7)55(42(8)33-45)58(49-24-20-47(21-25-49)38(3)4)51-28-30-53(39(5)36-51)54-31-29-52(37-40(54)6)59(50-26-22-48(23-27-50)57(11,12)13)56-43(9)34-46(19-17-15-2)35-44(56)10/h20-38H,14-19H2,1-13H3. The average Bonchev–Trinajstić information content (AvgIpc) is 3.19. The maximum Gasteiger partial charge on any atom is 0.0520 e. The van der Waals surface area contributed by atoms with Crippen molar-refractivity contribution in [2.24, 2.45) is 0 Å². The van der Waals surface area contributed by atoms with Crippen molar-refractivity contribution in [1.82, 2.24) is 0 Å². The van der Waals surface area contributed by atoms with E-state index in [2.05, 4.69) is 209 Å². The molecule has 0 unspecified atom stereocenters. The lowest BCUT2D eigenvalue weighted by atomic mass is 9.87. The topological polar surface area (TPSA) is 6.48 Å². The highest BCUT2D eigenvalue weighted by molar-refractivity contribution is 5.86. The lowest BCUT2D eigenvalue weighted by Gasteiger charge is -2.31. The van der Waals surface area contributed by atoms with Gasteiger partial charge in [-0.05, 0) is 194 Å². The van der Waals surface area contributed by atoms with Crippen molar-refractivity contribution in [3.05, 3.63) is 165 Å². The van der Waals surface area contributed by atoms with E-state index in [0.29, 0.717) is 5.92 Å². The molecule has 6 aromatic rings. The van der Waals surface area contributed by atoms with Gasteiger partial charge >= 0.3 is 0 Å². The predicted molar refractivity (Wildman–Crippen MR) is 260 cm³/mol. The molecule has 0 radical (unpaired) electrons. The molecule has 6 rings (SSSR count). The highest BCUT2D eigenvalue weighted by atomic mass is 15.2. The summed E-state index contributed by atoms with van der Waals surface area (Å²) in [5.74, 6) is 0.486. The number of hydrogen-bond acceptors (Lipinski definition) is 2. The molecule has 0 aliphatic heterocycles. The molecule has 0 aromatic heterocycles. The minimum absolute atomic E-state index is 0.0910. The Bertz CT molecular complexity index is 2320. The summed E-state index contributed by atoms with van der Waals surface area (Å²) < 4.78 is 0. The molecule has 6 aromatic carbocycles. The fraction of sp³-hybridized carbons (Fsp3) is 0.368. The summed E-state index contributed by atoms with van der Waals surface area (Å²) in [6.07, 6.45) is 7.09. The van der Waals surface area contributed by atoms with Crippen molar-refractivity contribution in [3.63, 3.8) is 0 Å². The van der Waals surface area contributed by atoms with Crippen LogP contribution in [0.5, 0.6) is 0 Å². The summed E-state index contributed by atoms with van der Waals surface area (Å²) in [5, 5.41) is 0. The average molecular weight is 783 g/mol. The van der Waals surface area contributed by atoms with Gasteiger partial charge < -0.3 is 9.80 Å². The Labute approximate surface area is 358 Å². The molecular weight excluding hydrogens is 713 g/mol. The quantitative estimate of drug-likeness (QED) is 0.109. The van der Waals surface area contributed by atoms with Crippen molar-refractivity contribution in [2.45, 2.75) is 140 Å². The minimum Gasteiger partial charge on any atom is -0.310 e. The summed E-state index contributed by atoms with van der Waals surface area (Å²) in [6, 6.07) is 42.2. The lowest BCUT2D eigenvalue weighted by Crippen LogP contribution is -2.15. The van der Waals surface area contributed by atoms with E-state index in [-0.39, 0.29) is 5.41 Å². The monoisotopic (exact) mass is 783 g/mol. The fourth-order valence-corrected chi connectivity index (χ4v) is 8.96. The molecule has 0 aliphatic rings. The largest absolute Gasteiger partial charge is 0.310 e. The molecule has 0 spiro atoms. The van der Waals surface area contributed by atoms with Gasteiger partial charge in [0.25, 0.3) is 0 Å². The summed E-state index contributed by atoms with van der Waals surface area (Å²) in [7, 11) is 0. The van der Waals surface area contributed by atoms with Crippen LogP contribution in [0.25, 0.3) is 11.1 Å². The van der Waals surface area contributed by atoms with E-state index in [1.165, 1.54) is 127 Å². The van der Waals surface area contributed by atoms with Crippen LogP contribution >= 0.6 is 0 Å². The summed E-state index contributed by atoms with van der Waals surface area (Å²) in [4.78, 5) is 4.96. The molecule has 0 N–H and O–H groups in total. The Balaban J connectivity index is 1.43. The molecule has 0 heterocycles. The number of aryl methyl sites for hydroxylation is 8. The number of anilines is 6. The van der Waals surface area contributed by atoms with Crippen molar-refractivity contribution >= 4 is 34.1 Å². The van der Waals surface area contributed by atoms with Crippen LogP contribution in [0.2, 0.25) is 0 Å². The van der Waals surface area contributed by atoms with Gasteiger partial charge in [-0.3, -0.25) is 0 Å². The van der Waals surface area contributed by atoms with Crippen LogP contribution in [0.3, 0.4) is 0 Å². The van der Waals surface area contributed by atoms with E-state index in [4.69, 9.17) is 0 Å². The zero-order valence-corrected chi connectivity index (χ0v) is 38.6. The van der Waals surface area contributed by atoms with Crippen LogP contribution in [-0.4, -0.2) is 0 Å². The van der Waals surface area contributed by atoms with E-state index in [9.17, 15) is 0 Å². The fourth-order valence-electron chi connectivity index (χ4n) is 8.96. The minimum atomic E-state index is 0.0910. The van der Waals surface area contributed by atoms with Gasteiger partial charge in [-0.2, -0.15) is 0 Å². The van der Waals surface area contributed by atoms with Crippen LogP contribution in [0.4, 0.5) is 34.1 Å². The van der Waals surface area contributed by atoms with E-state index >= 15 is 0 Å². The van der Waals surface area contributed by atoms with Gasteiger partial charge in [0.15, 0.2) is 0 Å². The second-order valence-corrected chi connectivity index (χ2v) is 18.6. The highest BCUT2D eigenvalue weighted by Gasteiger charge is 2.23. The van der Waals surface area contributed by atoms with Crippen LogP contribution < -0.4 is 9.80 Å². The molecule has 0 saturated carbocycles. The summed E-state index contributed by atoms with van der Waals surface area (Å²) in [6.45, 7) is 29.6.